The topological polar surface area (TPSA) is 95.7 Å². The number of ether oxygens (including phenoxy) is 2. The van der Waals surface area contributed by atoms with Crippen LogP contribution in [0.2, 0.25) is 0 Å². The Morgan fingerprint density at radius 1 is 1.04 bits per heavy atom. The average Bonchev–Trinajstić information content (AvgIpc) is 2.60. The summed E-state index contributed by atoms with van der Waals surface area (Å²) < 4.78 is 10.1. The summed E-state index contributed by atoms with van der Waals surface area (Å²) in [5.74, 6) is -0.745. The normalized spacial score (nSPS) is 10.3. The van der Waals surface area contributed by atoms with Crippen LogP contribution < -0.4 is 0 Å². The first-order valence-electron chi connectivity index (χ1n) is 8.57. The van der Waals surface area contributed by atoms with Gasteiger partial charge < -0.3 is 9.47 Å². The average molecular weight is 351 g/mol. The minimum Gasteiger partial charge on any atom is -0.466 e. The highest BCUT2D eigenvalue weighted by atomic mass is 16.6. The van der Waals surface area contributed by atoms with E-state index in [0.717, 1.165) is 25.7 Å². The maximum Gasteiger partial charge on any atom is 0.306 e. The van der Waals surface area contributed by atoms with E-state index in [2.05, 4.69) is 6.92 Å². The molecule has 0 unspecified atom stereocenters. The molecule has 0 heterocycles. The van der Waals surface area contributed by atoms with Crippen molar-refractivity contribution in [1.82, 2.24) is 0 Å². The Kier molecular flexibility index (Phi) is 9.89. The van der Waals surface area contributed by atoms with Gasteiger partial charge in [-0.3, -0.25) is 19.7 Å². The molecule has 7 nitrogen and oxygen atoms in total. The molecule has 0 saturated heterocycles. The van der Waals surface area contributed by atoms with Crippen molar-refractivity contribution in [3.8, 4) is 0 Å². The van der Waals surface area contributed by atoms with E-state index in [0.29, 0.717) is 18.6 Å². The molecule has 0 amide bonds. The molecule has 0 aromatic heterocycles. The maximum atomic E-state index is 11.6. The van der Waals surface area contributed by atoms with Crippen molar-refractivity contribution in [2.24, 2.45) is 0 Å². The Labute approximate surface area is 147 Å². The molecule has 0 spiro atoms. The largest absolute Gasteiger partial charge is 0.466 e. The lowest BCUT2D eigenvalue weighted by molar-refractivity contribution is -0.384. The minimum absolute atomic E-state index is 0.0254. The molecule has 0 bridgehead atoms. The van der Waals surface area contributed by atoms with Crippen LogP contribution in [0.5, 0.6) is 0 Å². The van der Waals surface area contributed by atoms with Crippen molar-refractivity contribution in [3.63, 3.8) is 0 Å². The SMILES string of the molecule is CCCCCCOC(=O)CCCC(=O)OCc1cccc([N+](=O)[O-])c1. The first-order valence-corrected chi connectivity index (χ1v) is 8.57. The van der Waals surface area contributed by atoms with E-state index in [-0.39, 0.29) is 31.1 Å². The van der Waals surface area contributed by atoms with Crippen LogP contribution in [0.25, 0.3) is 0 Å². The number of carbonyl (C=O) groups is 2. The number of hydrogen-bond donors (Lipinski definition) is 0. The molecule has 0 N–H and O–H groups in total. The number of nitro groups is 1. The number of hydrogen-bond acceptors (Lipinski definition) is 6. The van der Waals surface area contributed by atoms with Crippen molar-refractivity contribution in [3.05, 3.63) is 39.9 Å². The van der Waals surface area contributed by atoms with Crippen LogP contribution in [0.15, 0.2) is 24.3 Å². The summed E-state index contributed by atoms with van der Waals surface area (Å²) in [5, 5.41) is 10.7. The van der Waals surface area contributed by atoms with Gasteiger partial charge in [-0.05, 0) is 18.4 Å². The highest BCUT2D eigenvalue weighted by Crippen LogP contribution is 2.14. The first kappa shape index (κ1) is 20.6. The van der Waals surface area contributed by atoms with Crippen LogP contribution in [-0.4, -0.2) is 23.5 Å². The van der Waals surface area contributed by atoms with Crippen LogP contribution in [0.1, 0.15) is 57.4 Å². The third-order valence-corrected chi connectivity index (χ3v) is 3.54. The molecule has 0 aliphatic rings. The molecule has 0 aliphatic heterocycles. The van der Waals surface area contributed by atoms with Crippen molar-refractivity contribution in [1.29, 1.82) is 0 Å². The Morgan fingerprint density at radius 3 is 2.44 bits per heavy atom. The van der Waals surface area contributed by atoms with Crippen LogP contribution in [0.3, 0.4) is 0 Å². The Balaban J connectivity index is 2.15. The van der Waals surface area contributed by atoms with Crippen molar-refractivity contribution in [2.45, 2.75) is 58.5 Å². The predicted molar refractivity (Wildman–Crippen MR) is 91.8 cm³/mol. The van der Waals surface area contributed by atoms with Crippen LogP contribution in [0.4, 0.5) is 5.69 Å². The second-order valence-electron chi connectivity index (χ2n) is 5.72. The lowest BCUT2D eigenvalue weighted by atomic mass is 10.2. The molecule has 1 aromatic carbocycles. The van der Waals surface area contributed by atoms with Gasteiger partial charge >= 0.3 is 11.9 Å². The first-order chi connectivity index (χ1) is 12.0. The van der Waals surface area contributed by atoms with E-state index < -0.39 is 10.9 Å². The highest BCUT2D eigenvalue weighted by molar-refractivity contribution is 5.72. The van der Waals surface area contributed by atoms with Crippen LogP contribution in [0, 0.1) is 10.1 Å². The number of nitrogens with zero attached hydrogens (tertiary/aromatic N) is 1. The van der Waals surface area contributed by atoms with E-state index in [1.807, 2.05) is 0 Å². The molecular weight excluding hydrogens is 326 g/mol. The van der Waals surface area contributed by atoms with Crippen molar-refractivity contribution >= 4 is 17.6 Å². The van der Waals surface area contributed by atoms with Gasteiger partial charge in [0.25, 0.3) is 5.69 Å². The fourth-order valence-corrected chi connectivity index (χ4v) is 2.16. The van der Waals surface area contributed by atoms with Gasteiger partial charge in [-0.1, -0.05) is 38.3 Å². The highest BCUT2D eigenvalue weighted by Gasteiger charge is 2.09. The van der Waals surface area contributed by atoms with Gasteiger partial charge in [-0.15, -0.1) is 0 Å². The van der Waals surface area contributed by atoms with Crippen molar-refractivity contribution in [2.75, 3.05) is 6.61 Å². The molecule has 0 aliphatic carbocycles. The van der Waals surface area contributed by atoms with E-state index in [4.69, 9.17) is 9.47 Å². The lowest BCUT2D eigenvalue weighted by Gasteiger charge is -2.06. The Morgan fingerprint density at radius 2 is 1.76 bits per heavy atom. The smallest absolute Gasteiger partial charge is 0.306 e. The van der Waals surface area contributed by atoms with Gasteiger partial charge in [0.05, 0.1) is 11.5 Å². The molecule has 0 radical (unpaired) electrons. The second kappa shape index (κ2) is 12.0. The third-order valence-electron chi connectivity index (χ3n) is 3.54. The van der Waals surface area contributed by atoms with Gasteiger partial charge in [0.1, 0.15) is 6.61 Å². The minimum atomic E-state index is -0.501. The fourth-order valence-electron chi connectivity index (χ4n) is 2.16. The molecular formula is C18H25NO6. The zero-order valence-electron chi connectivity index (χ0n) is 14.6. The number of esters is 2. The van der Waals surface area contributed by atoms with Gasteiger partial charge in [-0.2, -0.15) is 0 Å². The van der Waals surface area contributed by atoms with Crippen molar-refractivity contribution < 1.29 is 24.0 Å². The van der Waals surface area contributed by atoms with Crippen LogP contribution in [-0.2, 0) is 25.7 Å². The summed E-state index contributed by atoms with van der Waals surface area (Å²) in [6.07, 6.45) is 4.83. The lowest BCUT2D eigenvalue weighted by Crippen LogP contribution is -2.09. The summed E-state index contributed by atoms with van der Waals surface area (Å²) in [6.45, 7) is 2.52. The molecule has 138 valence electrons. The standard InChI is InChI=1S/C18H25NO6/c1-2-3-4-5-12-24-17(20)10-7-11-18(21)25-14-15-8-6-9-16(13-15)19(22)23/h6,8-9,13H,2-5,7,10-12,14H2,1H3. The Bertz CT molecular complexity index is 572. The molecule has 1 aromatic rings. The van der Waals surface area contributed by atoms with Gasteiger partial charge in [0.2, 0.25) is 0 Å². The number of carbonyl (C=O) groups excluding carboxylic acids is 2. The zero-order chi connectivity index (χ0) is 18.5. The summed E-state index contributed by atoms with van der Waals surface area (Å²) in [4.78, 5) is 33.3. The predicted octanol–water partition coefficient (Wildman–Crippen LogP) is 3.93. The summed E-state index contributed by atoms with van der Waals surface area (Å²) in [6, 6.07) is 5.93. The number of unbranched alkanes of at least 4 members (excludes halogenated alkanes) is 3. The molecule has 7 heteroatoms. The fraction of sp³-hybridized carbons (Fsp3) is 0.556. The molecule has 1 rings (SSSR count). The molecule has 0 saturated carbocycles. The molecule has 25 heavy (non-hydrogen) atoms. The second-order valence-corrected chi connectivity index (χ2v) is 5.72. The number of non-ortho nitro benzene ring substituents is 1. The Hall–Kier alpha value is -2.44. The van der Waals surface area contributed by atoms with E-state index >= 15 is 0 Å². The molecule has 0 atom stereocenters. The maximum absolute atomic E-state index is 11.6. The quantitative estimate of drug-likeness (QED) is 0.245. The third kappa shape index (κ3) is 9.44. The number of rotatable bonds is 12. The van der Waals surface area contributed by atoms with E-state index in [1.165, 1.54) is 18.2 Å². The summed E-state index contributed by atoms with van der Waals surface area (Å²) >= 11 is 0. The number of nitro benzene ring substituents is 1. The van der Waals surface area contributed by atoms with E-state index in [9.17, 15) is 19.7 Å². The summed E-state index contributed by atoms with van der Waals surface area (Å²) in [5.41, 5.74) is 0.504. The molecule has 0 fully saturated rings. The van der Waals surface area contributed by atoms with E-state index in [1.54, 1.807) is 6.07 Å². The van der Waals surface area contributed by atoms with Gasteiger partial charge in [0.15, 0.2) is 0 Å². The van der Waals surface area contributed by atoms with Crippen LogP contribution >= 0.6 is 0 Å². The van der Waals surface area contributed by atoms with Gasteiger partial charge in [-0.25, -0.2) is 0 Å². The summed E-state index contributed by atoms with van der Waals surface area (Å²) in [7, 11) is 0. The number of benzene rings is 1. The zero-order valence-corrected chi connectivity index (χ0v) is 14.6. The monoisotopic (exact) mass is 351 g/mol. The van der Waals surface area contributed by atoms with Gasteiger partial charge in [0, 0.05) is 25.0 Å².